The van der Waals surface area contributed by atoms with Crippen molar-refractivity contribution in [3.63, 3.8) is 0 Å². The summed E-state index contributed by atoms with van der Waals surface area (Å²) in [6, 6.07) is 11.0. The van der Waals surface area contributed by atoms with Crippen LogP contribution in [0.15, 0.2) is 48.8 Å². The molecule has 0 aliphatic heterocycles. The predicted molar refractivity (Wildman–Crippen MR) is 85.6 cm³/mol. The molecule has 0 aliphatic rings. The highest BCUT2D eigenvalue weighted by atomic mass is 35.5. The number of rotatable bonds is 6. The summed E-state index contributed by atoms with van der Waals surface area (Å²) in [6.45, 7) is 0.909. The van der Waals surface area contributed by atoms with E-state index < -0.39 is 0 Å². The van der Waals surface area contributed by atoms with Gasteiger partial charge < -0.3 is 5.32 Å². The van der Waals surface area contributed by atoms with Crippen LogP contribution in [-0.2, 0) is 11.3 Å². The lowest BCUT2D eigenvalue weighted by Gasteiger charge is -2.07. The highest BCUT2D eigenvalue weighted by molar-refractivity contribution is 6.35. The number of carbonyl (C=O) groups is 1. The number of hydrogen-bond donors (Lipinski definition) is 1. The average molecular weight is 324 g/mol. The van der Waals surface area contributed by atoms with Crippen molar-refractivity contribution in [1.82, 2.24) is 0 Å². The number of aryl methyl sites for hydroxylation is 1. The van der Waals surface area contributed by atoms with E-state index in [1.807, 2.05) is 30.6 Å². The molecule has 1 N–H and O–H groups in total. The molecule has 0 radical (unpaired) electrons. The van der Waals surface area contributed by atoms with Crippen LogP contribution in [0.25, 0.3) is 0 Å². The Bertz CT molecular complexity index is 602. The fraction of sp³-hybridized carbons (Fsp3) is 0.250. The first kappa shape index (κ1) is 15.8. The summed E-state index contributed by atoms with van der Waals surface area (Å²) < 4.78 is 2.10. The summed E-state index contributed by atoms with van der Waals surface area (Å²) in [7, 11) is 0. The number of halogens is 2. The SMILES string of the molecule is O=C(CCCC[n+]1ccccc1)Nc1cc(Cl)ccc1Cl. The number of carbonyl (C=O) groups excluding carboxylic acids is 1. The highest BCUT2D eigenvalue weighted by Gasteiger charge is 2.07. The quantitative estimate of drug-likeness (QED) is 0.630. The number of benzene rings is 1. The molecular weight excluding hydrogens is 307 g/mol. The maximum atomic E-state index is 11.9. The van der Waals surface area contributed by atoms with Crippen molar-refractivity contribution in [1.29, 1.82) is 0 Å². The van der Waals surface area contributed by atoms with Crippen LogP contribution in [0.4, 0.5) is 5.69 Å². The van der Waals surface area contributed by atoms with Crippen LogP contribution in [0.2, 0.25) is 10.0 Å². The standard InChI is InChI=1S/C16H16Cl2N2O/c17-13-7-8-14(18)15(12-13)19-16(21)6-2-5-11-20-9-3-1-4-10-20/h1,3-4,7-10,12H,2,5-6,11H2/p+1. The van der Waals surface area contributed by atoms with Crippen LogP contribution in [0, 0.1) is 0 Å². The normalized spacial score (nSPS) is 10.4. The van der Waals surface area contributed by atoms with Crippen LogP contribution in [0.3, 0.4) is 0 Å². The summed E-state index contributed by atoms with van der Waals surface area (Å²) in [4.78, 5) is 11.9. The third-order valence-corrected chi connectivity index (χ3v) is 3.61. The second-order valence-corrected chi connectivity index (χ2v) is 5.59. The summed E-state index contributed by atoms with van der Waals surface area (Å²) in [6.07, 6.45) is 6.28. The van der Waals surface area contributed by atoms with Crippen LogP contribution in [0.5, 0.6) is 0 Å². The first-order valence-corrected chi connectivity index (χ1v) is 7.60. The molecule has 1 heterocycles. The van der Waals surface area contributed by atoms with Gasteiger partial charge in [0.2, 0.25) is 5.91 Å². The molecule has 3 nitrogen and oxygen atoms in total. The van der Waals surface area contributed by atoms with Crippen LogP contribution >= 0.6 is 23.2 Å². The van der Waals surface area contributed by atoms with E-state index in [9.17, 15) is 4.79 Å². The molecule has 0 saturated carbocycles. The molecule has 0 spiro atoms. The summed E-state index contributed by atoms with van der Waals surface area (Å²) in [5.41, 5.74) is 0.562. The molecule has 0 atom stereocenters. The Hall–Kier alpha value is -1.58. The first-order valence-electron chi connectivity index (χ1n) is 6.84. The molecule has 1 aromatic heterocycles. The second kappa shape index (κ2) is 8.01. The monoisotopic (exact) mass is 323 g/mol. The number of hydrogen-bond acceptors (Lipinski definition) is 1. The van der Waals surface area contributed by atoms with E-state index in [2.05, 4.69) is 9.88 Å². The van der Waals surface area contributed by atoms with E-state index in [1.54, 1.807) is 18.2 Å². The van der Waals surface area contributed by atoms with Crippen LogP contribution < -0.4 is 9.88 Å². The molecule has 5 heteroatoms. The second-order valence-electron chi connectivity index (χ2n) is 4.74. The smallest absolute Gasteiger partial charge is 0.224 e. The van der Waals surface area contributed by atoms with Gasteiger partial charge in [0.25, 0.3) is 0 Å². The minimum absolute atomic E-state index is 0.0442. The molecule has 1 aromatic carbocycles. The zero-order valence-corrected chi connectivity index (χ0v) is 13.1. The van der Waals surface area contributed by atoms with E-state index >= 15 is 0 Å². The molecule has 0 unspecified atom stereocenters. The molecule has 1 amide bonds. The molecule has 110 valence electrons. The van der Waals surface area contributed by atoms with Gasteiger partial charge in [-0.05, 0) is 24.6 Å². The molecule has 0 fully saturated rings. The number of nitrogens with zero attached hydrogens (tertiary/aromatic N) is 1. The first-order chi connectivity index (χ1) is 10.1. The number of amides is 1. The van der Waals surface area contributed by atoms with E-state index in [0.29, 0.717) is 22.2 Å². The molecule has 21 heavy (non-hydrogen) atoms. The third kappa shape index (κ3) is 5.37. The zero-order valence-electron chi connectivity index (χ0n) is 11.6. The van der Waals surface area contributed by atoms with Gasteiger partial charge in [0.05, 0.1) is 10.7 Å². The van der Waals surface area contributed by atoms with Gasteiger partial charge in [-0.25, -0.2) is 4.57 Å². The molecule has 0 bridgehead atoms. The van der Waals surface area contributed by atoms with Gasteiger partial charge in [-0.15, -0.1) is 0 Å². The van der Waals surface area contributed by atoms with Crippen LogP contribution in [-0.4, -0.2) is 5.91 Å². The average Bonchev–Trinajstić information content (AvgIpc) is 2.48. The minimum atomic E-state index is -0.0442. The largest absolute Gasteiger partial charge is 0.325 e. The maximum Gasteiger partial charge on any atom is 0.224 e. The van der Waals surface area contributed by atoms with E-state index in [4.69, 9.17) is 23.2 Å². The Balaban J connectivity index is 1.74. The third-order valence-electron chi connectivity index (χ3n) is 3.05. The zero-order chi connectivity index (χ0) is 15.1. The summed E-state index contributed by atoms with van der Waals surface area (Å²) >= 11 is 11.9. The lowest BCUT2D eigenvalue weighted by atomic mass is 10.2. The lowest BCUT2D eigenvalue weighted by Crippen LogP contribution is -2.32. The fourth-order valence-corrected chi connectivity index (χ4v) is 2.31. The fourth-order valence-electron chi connectivity index (χ4n) is 1.97. The lowest BCUT2D eigenvalue weighted by molar-refractivity contribution is -0.697. The molecule has 0 aliphatic carbocycles. The van der Waals surface area contributed by atoms with Crippen molar-refractivity contribution in [2.24, 2.45) is 0 Å². The van der Waals surface area contributed by atoms with Crippen molar-refractivity contribution < 1.29 is 9.36 Å². The number of aromatic nitrogens is 1. The topological polar surface area (TPSA) is 33.0 Å². The van der Waals surface area contributed by atoms with Gasteiger partial charge in [-0.3, -0.25) is 4.79 Å². The van der Waals surface area contributed by atoms with E-state index in [0.717, 1.165) is 19.4 Å². The molecule has 2 aromatic rings. The van der Waals surface area contributed by atoms with Crippen molar-refractivity contribution in [3.05, 3.63) is 58.8 Å². The van der Waals surface area contributed by atoms with Crippen molar-refractivity contribution in [2.75, 3.05) is 5.32 Å². The highest BCUT2D eigenvalue weighted by Crippen LogP contribution is 2.25. The van der Waals surface area contributed by atoms with Gasteiger partial charge in [-0.1, -0.05) is 29.3 Å². The predicted octanol–water partition coefficient (Wildman–Crippen LogP) is 4.09. The number of pyridine rings is 1. The van der Waals surface area contributed by atoms with Gasteiger partial charge in [0.1, 0.15) is 6.54 Å². The Morgan fingerprint density at radius 1 is 1.10 bits per heavy atom. The minimum Gasteiger partial charge on any atom is -0.325 e. The number of nitrogens with one attached hydrogen (secondary N) is 1. The van der Waals surface area contributed by atoms with E-state index in [1.165, 1.54) is 0 Å². The summed E-state index contributed by atoms with van der Waals surface area (Å²) in [5, 5.41) is 3.83. The van der Waals surface area contributed by atoms with Crippen molar-refractivity contribution >= 4 is 34.8 Å². The van der Waals surface area contributed by atoms with Gasteiger partial charge in [0, 0.05) is 30.0 Å². The number of unbranched alkanes of at least 4 members (excludes halogenated alkanes) is 1. The number of anilines is 1. The van der Waals surface area contributed by atoms with Gasteiger partial charge in [0.15, 0.2) is 12.4 Å². The molecular formula is C16H17Cl2N2O+. The Labute approximate surface area is 134 Å². The van der Waals surface area contributed by atoms with Crippen molar-refractivity contribution in [3.8, 4) is 0 Å². The Morgan fingerprint density at radius 2 is 1.86 bits per heavy atom. The van der Waals surface area contributed by atoms with Gasteiger partial charge >= 0.3 is 0 Å². The summed E-state index contributed by atoms with van der Waals surface area (Å²) in [5.74, 6) is -0.0442. The Kier molecular flexibility index (Phi) is 6.03. The van der Waals surface area contributed by atoms with Crippen molar-refractivity contribution in [2.45, 2.75) is 25.8 Å². The maximum absolute atomic E-state index is 11.9. The van der Waals surface area contributed by atoms with E-state index in [-0.39, 0.29) is 5.91 Å². The Morgan fingerprint density at radius 3 is 2.62 bits per heavy atom. The molecule has 2 rings (SSSR count). The van der Waals surface area contributed by atoms with Crippen LogP contribution in [0.1, 0.15) is 19.3 Å². The van der Waals surface area contributed by atoms with Gasteiger partial charge in [-0.2, -0.15) is 0 Å². The molecule has 0 saturated heterocycles.